The molecular formula is C21H25N5O5S. The van der Waals surface area contributed by atoms with Crippen molar-refractivity contribution >= 4 is 33.0 Å². The van der Waals surface area contributed by atoms with Crippen LogP contribution >= 0.6 is 0 Å². The fourth-order valence-corrected chi connectivity index (χ4v) is 5.13. The third-order valence-corrected chi connectivity index (χ3v) is 7.18. The van der Waals surface area contributed by atoms with Crippen molar-refractivity contribution in [2.75, 3.05) is 25.0 Å². The highest BCUT2D eigenvalue weighted by Gasteiger charge is 2.26. The lowest BCUT2D eigenvalue weighted by Crippen LogP contribution is -2.44. The zero-order valence-corrected chi connectivity index (χ0v) is 18.4. The van der Waals surface area contributed by atoms with Crippen LogP contribution in [0.15, 0.2) is 41.4 Å². The van der Waals surface area contributed by atoms with Gasteiger partial charge in [0.05, 0.1) is 16.9 Å². The molecule has 0 aliphatic carbocycles. The van der Waals surface area contributed by atoms with Gasteiger partial charge in [0.1, 0.15) is 11.6 Å². The van der Waals surface area contributed by atoms with Crippen LogP contribution in [-0.2, 0) is 16.4 Å². The minimum absolute atomic E-state index is 0.141. The van der Waals surface area contributed by atoms with Gasteiger partial charge >= 0.3 is 6.09 Å². The third kappa shape index (κ3) is 4.26. The summed E-state index contributed by atoms with van der Waals surface area (Å²) in [5.41, 5.74) is 1.15. The molecule has 32 heavy (non-hydrogen) atoms. The first kappa shape index (κ1) is 22.0. The van der Waals surface area contributed by atoms with Crippen molar-refractivity contribution in [3.63, 3.8) is 0 Å². The average molecular weight is 460 g/mol. The number of hydrogen-bond acceptors (Lipinski definition) is 7. The van der Waals surface area contributed by atoms with E-state index in [0.29, 0.717) is 36.5 Å². The molecule has 4 rings (SSSR count). The van der Waals surface area contributed by atoms with Crippen molar-refractivity contribution in [1.29, 1.82) is 0 Å². The van der Waals surface area contributed by atoms with E-state index in [0.717, 1.165) is 16.0 Å². The van der Waals surface area contributed by atoms with Crippen molar-refractivity contribution in [3.8, 4) is 0 Å². The molecule has 0 spiro atoms. The molecule has 1 fully saturated rings. The summed E-state index contributed by atoms with van der Waals surface area (Å²) >= 11 is 0. The maximum Gasteiger partial charge on any atom is 0.407 e. The van der Waals surface area contributed by atoms with Gasteiger partial charge in [0.15, 0.2) is 5.65 Å². The Hall–Kier alpha value is -3.18. The van der Waals surface area contributed by atoms with E-state index >= 15 is 0 Å². The van der Waals surface area contributed by atoms with Crippen molar-refractivity contribution in [3.05, 3.63) is 47.9 Å². The molecular weight excluding hydrogens is 434 g/mol. The minimum Gasteiger partial charge on any atom is -0.465 e. The van der Waals surface area contributed by atoms with Gasteiger partial charge in [0.25, 0.3) is 10.0 Å². The third-order valence-electron chi connectivity index (χ3n) is 5.50. The van der Waals surface area contributed by atoms with E-state index in [1.54, 1.807) is 30.3 Å². The number of benzene rings is 1. The fraction of sp³-hybridized carbons (Fsp3) is 0.381. The largest absolute Gasteiger partial charge is 0.465 e. The number of piperidine rings is 1. The SMILES string of the molecule is Cc1ccc(S(=O)(=O)n2ccc3c(NC4CCCN(C(=O)O)C4)nc(CCO)nc32)cc1. The Morgan fingerprint density at radius 1 is 1.22 bits per heavy atom. The van der Waals surface area contributed by atoms with Gasteiger partial charge in [0.2, 0.25) is 0 Å². The normalized spacial score (nSPS) is 16.9. The molecule has 10 nitrogen and oxygen atoms in total. The molecule has 0 bridgehead atoms. The maximum absolute atomic E-state index is 13.3. The molecule has 1 unspecified atom stereocenters. The first-order chi connectivity index (χ1) is 15.3. The summed E-state index contributed by atoms with van der Waals surface area (Å²) in [4.78, 5) is 21.7. The second-order valence-electron chi connectivity index (χ2n) is 7.84. The van der Waals surface area contributed by atoms with Crippen LogP contribution in [0.4, 0.5) is 10.6 Å². The number of carboxylic acid groups (broad SMARTS) is 1. The van der Waals surface area contributed by atoms with Crippen molar-refractivity contribution < 1.29 is 23.4 Å². The lowest BCUT2D eigenvalue weighted by Gasteiger charge is -2.31. The van der Waals surface area contributed by atoms with E-state index < -0.39 is 16.1 Å². The second kappa shape index (κ2) is 8.75. The molecule has 2 aromatic heterocycles. The Balaban J connectivity index is 1.75. The minimum atomic E-state index is -3.89. The highest BCUT2D eigenvalue weighted by molar-refractivity contribution is 7.90. The molecule has 170 valence electrons. The number of aliphatic hydroxyl groups is 1. The van der Waals surface area contributed by atoms with Crippen molar-refractivity contribution in [1.82, 2.24) is 18.8 Å². The summed E-state index contributed by atoms with van der Waals surface area (Å²) in [6, 6.07) is 8.02. The highest BCUT2D eigenvalue weighted by atomic mass is 32.2. The van der Waals surface area contributed by atoms with Gasteiger partial charge in [-0.1, -0.05) is 17.7 Å². The van der Waals surface area contributed by atoms with Crippen LogP contribution in [0.2, 0.25) is 0 Å². The predicted octanol–water partition coefficient (Wildman–Crippen LogP) is 2.07. The Bertz CT molecular complexity index is 1240. The Morgan fingerprint density at radius 2 is 1.97 bits per heavy atom. The highest BCUT2D eigenvalue weighted by Crippen LogP contribution is 2.27. The van der Waals surface area contributed by atoms with E-state index in [1.807, 2.05) is 6.92 Å². The summed E-state index contributed by atoms with van der Waals surface area (Å²) in [5, 5.41) is 22.5. The maximum atomic E-state index is 13.3. The van der Waals surface area contributed by atoms with Crippen LogP contribution in [0.1, 0.15) is 24.2 Å². The number of carbonyl (C=O) groups is 1. The van der Waals surface area contributed by atoms with Gasteiger partial charge in [-0.25, -0.2) is 27.2 Å². The van der Waals surface area contributed by atoms with Gasteiger partial charge in [0, 0.05) is 31.7 Å². The molecule has 1 amide bonds. The first-order valence-electron chi connectivity index (χ1n) is 10.3. The van der Waals surface area contributed by atoms with Gasteiger partial charge in [-0.05, 0) is 38.0 Å². The molecule has 3 heterocycles. The number of aromatic nitrogens is 3. The van der Waals surface area contributed by atoms with Crippen LogP contribution in [0.5, 0.6) is 0 Å². The van der Waals surface area contributed by atoms with E-state index in [9.17, 15) is 23.4 Å². The Labute approximate surface area is 185 Å². The summed E-state index contributed by atoms with van der Waals surface area (Å²) in [7, 11) is -3.89. The zero-order chi connectivity index (χ0) is 22.9. The number of amides is 1. The smallest absolute Gasteiger partial charge is 0.407 e. The number of likely N-dealkylation sites (tertiary alicyclic amines) is 1. The molecule has 1 saturated heterocycles. The van der Waals surface area contributed by atoms with Gasteiger partial charge in [-0.15, -0.1) is 0 Å². The Morgan fingerprint density at radius 3 is 2.66 bits per heavy atom. The lowest BCUT2D eigenvalue weighted by atomic mass is 10.1. The monoisotopic (exact) mass is 459 g/mol. The van der Waals surface area contributed by atoms with Crippen LogP contribution in [0, 0.1) is 6.92 Å². The fourth-order valence-electron chi connectivity index (χ4n) is 3.84. The lowest BCUT2D eigenvalue weighted by molar-refractivity contribution is 0.133. The number of nitrogens with one attached hydrogen (secondary N) is 1. The van der Waals surface area contributed by atoms with Crippen LogP contribution in [-0.4, -0.2) is 69.3 Å². The number of rotatable bonds is 6. The Kier molecular flexibility index (Phi) is 6.02. The second-order valence-corrected chi connectivity index (χ2v) is 9.66. The number of nitrogens with zero attached hydrogens (tertiary/aromatic N) is 4. The number of anilines is 1. The molecule has 3 aromatic rings. The molecule has 1 aliphatic heterocycles. The molecule has 1 aromatic carbocycles. The number of hydrogen-bond donors (Lipinski definition) is 3. The summed E-state index contributed by atoms with van der Waals surface area (Å²) < 4.78 is 27.7. The standard InChI is InChI=1S/C21H25N5O5S/c1-14-4-6-16(7-5-14)32(30,31)26-11-8-17-19(23-18(9-12-27)24-20(17)26)22-15-3-2-10-25(13-15)21(28)29/h4-8,11,15,27H,2-3,9-10,12-13H2,1H3,(H,28,29)(H,22,23,24). The molecule has 0 saturated carbocycles. The summed E-state index contributed by atoms with van der Waals surface area (Å²) in [6.07, 6.45) is 2.09. The number of aryl methyl sites for hydroxylation is 1. The predicted molar refractivity (Wildman–Crippen MR) is 118 cm³/mol. The van der Waals surface area contributed by atoms with Gasteiger partial charge in [-0.3, -0.25) is 0 Å². The van der Waals surface area contributed by atoms with Crippen LogP contribution in [0.25, 0.3) is 11.0 Å². The van der Waals surface area contributed by atoms with E-state index in [2.05, 4.69) is 15.3 Å². The molecule has 1 atom stereocenters. The quantitative estimate of drug-likeness (QED) is 0.509. The topological polar surface area (TPSA) is 138 Å². The number of fused-ring (bicyclic) bond motifs is 1. The van der Waals surface area contributed by atoms with Gasteiger partial charge in [-0.2, -0.15) is 0 Å². The first-order valence-corrected chi connectivity index (χ1v) is 11.8. The van der Waals surface area contributed by atoms with Crippen LogP contribution < -0.4 is 5.32 Å². The average Bonchev–Trinajstić information content (AvgIpc) is 3.20. The van der Waals surface area contributed by atoms with E-state index in [1.165, 1.54) is 11.1 Å². The van der Waals surface area contributed by atoms with Crippen LogP contribution in [0.3, 0.4) is 0 Å². The molecule has 11 heteroatoms. The van der Waals surface area contributed by atoms with Crippen molar-refractivity contribution in [2.24, 2.45) is 0 Å². The summed E-state index contributed by atoms with van der Waals surface area (Å²) in [6.45, 7) is 2.48. The van der Waals surface area contributed by atoms with E-state index in [4.69, 9.17) is 0 Å². The van der Waals surface area contributed by atoms with E-state index in [-0.39, 0.29) is 29.6 Å². The molecule has 3 N–H and O–H groups in total. The van der Waals surface area contributed by atoms with Gasteiger partial charge < -0.3 is 20.4 Å². The summed E-state index contributed by atoms with van der Waals surface area (Å²) in [5.74, 6) is 0.723. The number of aliphatic hydroxyl groups excluding tert-OH is 1. The molecule has 1 aliphatic rings. The molecule has 0 radical (unpaired) electrons. The zero-order valence-electron chi connectivity index (χ0n) is 17.6. The van der Waals surface area contributed by atoms with Crippen molar-refractivity contribution in [2.45, 2.75) is 37.1 Å².